The highest BCUT2D eigenvalue weighted by Gasteiger charge is 2.31. The number of hydrogen-bond donors (Lipinski definition) is 4. The third-order valence-electron chi connectivity index (χ3n) is 5.71. The summed E-state index contributed by atoms with van der Waals surface area (Å²) < 4.78 is 13.2. The Hall–Kier alpha value is -3.00. The van der Waals surface area contributed by atoms with Crippen LogP contribution in [0.5, 0.6) is 0 Å². The Bertz CT molecular complexity index is 1030. The van der Waals surface area contributed by atoms with E-state index in [1.165, 1.54) is 25.0 Å². The minimum atomic E-state index is -0.255. The molecular weight excluding hydrogens is 369 g/mol. The summed E-state index contributed by atoms with van der Waals surface area (Å²) in [7, 11) is 0. The van der Waals surface area contributed by atoms with E-state index in [-0.39, 0.29) is 17.9 Å². The Morgan fingerprint density at radius 2 is 2.00 bits per heavy atom. The van der Waals surface area contributed by atoms with Crippen molar-refractivity contribution in [2.45, 2.75) is 44.2 Å². The van der Waals surface area contributed by atoms with Gasteiger partial charge in [0.15, 0.2) is 0 Å². The van der Waals surface area contributed by atoms with Crippen molar-refractivity contribution in [1.82, 2.24) is 25.5 Å². The molecule has 5 N–H and O–H groups in total. The number of nitrogens with one attached hydrogen (secondary N) is 3. The van der Waals surface area contributed by atoms with Gasteiger partial charge >= 0.3 is 0 Å². The first-order chi connectivity index (χ1) is 14.1. The molecule has 0 bridgehead atoms. The van der Waals surface area contributed by atoms with Crippen molar-refractivity contribution in [3.05, 3.63) is 64.4 Å². The van der Waals surface area contributed by atoms with Crippen LogP contribution >= 0.6 is 0 Å². The first-order valence-corrected chi connectivity index (χ1v) is 10.1. The summed E-state index contributed by atoms with van der Waals surface area (Å²) in [4.78, 5) is 9.27. The van der Waals surface area contributed by atoms with Crippen molar-refractivity contribution in [3.8, 4) is 0 Å². The lowest BCUT2D eigenvalue weighted by Crippen LogP contribution is -2.33. The number of benzene rings is 1. The second-order valence-corrected chi connectivity index (χ2v) is 7.87. The molecule has 1 fully saturated rings. The average molecular weight is 393 g/mol. The molecule has 29 heavy (non-hydrogen) atoms. The van der Waals surface area contributed by atoms with Crippen molar-refractivity contribution >= 4 is 11.8 Å². The number of fused-ring (bicyclic) bond motifs is 1. The molecule has 0 radical (unpaired) electrons. The number of H-pyrrole nitrogens is 1. The van der Waals surface area contributed by atoms with Crippen LogP contribution in [0.25, 0.3) is 0 Å². The minimum Gasteiger partial charge on any atom is -0.383 e. The molecule has 1 aliphatic heterocycles. The van der Waals surface area contributed by atoms with Crippen LogP contribution < -0.4 is 16.4 Å². The van der Waals surface area contributed by atoms with Gasteiger partial charge in [0.2, 0.25) is 5.95 Å². The third kappa shape index (κ3) is 3.55. The predicted octanol–water partition coefficient (Wildman–Crippen LogP) is 3.21. The van der Waals surface area contributed by atoms with Gasteiger partial charge in [0.25, 0.3) is 0 Å². The van der Waals surface area contributed by atoms with Gasteiger partial charge in [-0.1, -0.05) is 12.1 Å². The van der Waals surface area contributed by atoms with E-state index in [1.54, 1.807) is 12.1 Å². The van der Waals surface area contributed by atoms with Crippen LogP contribution in [0.1, 0.15) is 66.0 Å². The number of rotatable bonds is 5. The zero-order valence-corrected chi connectivity index (χ0v) is 16.2. The number of aromatic amines is 1. The summed E-state index contributed by atoms with van der Waals surface area (Å²) in [5.41, 5.74) is 11.2. The smallest absolute Gasteiger partial charge is 0.225 e. The van der Waals surface area contributed by atoms with Crippen LogP contribution in [0, 0.1) is 5.82 Å². The summed E-state index contributed by atoms with van der Waals surface area (Å²) in [6.07, 6.45) is 3.21. The summed E-state index contributed by atoms with van der Waals surface area (Å²) in [5.74, 6) is 1.30. The number of aromatic nitrogens is 4. The van der Waals surface area contributed by atoms with Gasteiger partial charge < -0.3 is 16.4 Å². The number of halogens is 1. The lowest BCUT2D eigenvalue weighted by molar-refractivity contribution is 0.540. The highest BCUT2D eigenvalue weighted by atomic mass is 19.1. The Labute approximate surface area is 168 Å². The molecule has 1 aliphatic carbocycles. The average Bonchev–Trinajstić information content (AvgIpc) is 3.45. The van der Waals surface area contributed by atoms with Gasteiger partial charge in [-0.2, -0.15) is 10.1 Å². The standard InChI is InChI=1S/C21H24FN7/c1-11(12-4-6-14(22)7-5-12)25-21-26-18-15(20(23)27-21)8-9-24-19(18)17-10-16(28-29-17)13-2-3-13/h4-7,10-11,13,19,24H,2-3,8-9H2,1H3,(H,28,29)(H3,23,25,26,27)/t11-,19?/m0/s1. The maximum atomic E-state index is 13.2. The van der Waals surface area contributed by atoms with Crippen molar-refractivity contribution < 1.29 is 4.39 Å². The Morgan fingerprint density at radius 3 is 2.76 bits per heavy atom. The molecule has 1 unspecified atom stereocenters. The summed E-state index contributed by atoms with van der Waals surface area (Å²) in [5, 5.41) is 14.5. The quantitative estimate of drug-likeness (QED) is 0.531. The van der Waals surface area contributed by atoms with Crippen molar-refractivity contribution in [2.75, 3.05) is 17.6 Å². The van der Waals surface area contributed by atoms with Gasteiger partial charge in [0.05, 0.1) is 29.2 Å². The Balaban J connectivity index is 1.44. The highest BCUT2D eigenvalue weighted by Crippen LogP contribution is 2.40. The van der Waals surface area contributed by atoms with E-state index in [0.29, 0.717) is 17.7 Å². The number of hydrogen-bond acceptors (Lipinski definition) is 6. The third-order valence-corrected chi connectivity index (χ3v) is 5.71. The highest BCUT2D eigenvalue weighted by molar-refractivity contribution is 5.51. The Morgan fingerprint density at radius 1 is 1.21 bits per heavy atom. The van der Waals surface area contributed by atoms with E-state index in [2.05, 4.69) is 31.9 Å². The van der Waals surface area contributed by atoms with Crippen LogP contribution in [-0.2, 0) is 6.42 Å². The van der Waals surface area contributed by atoms with E-state index in [0.717, 1.165) is 41.2 Å². The predicted molar refractivity (Wildman–Crippen MR) is 109 cm³/mol. The zero-order valence-electron chi connectivity index (χ0n) is 16.2. The molecule has 8 heteroatoms. The summed E-state index contributed by atoms with van der Waals surface area (Å²) >= 11 is 0. The molecule has 7 nitrogen and oxygen atoms in total. The topological polar surface area (TPSA) is 105 Å². The van der Waals surface area contributed by atoms with E-state index < -0.39 is 0 Å². The maximum absolute atomic E-state index is 13.2. The molecule has 2 aromatic heterocycles. The molecule has 0 saturated heterocycles. The Kier molecular flexibility index (Phi) is 4.43. The molecular formula is C21H24FN7. The van der Waals surface area contributed by atoms with Crippen molar-refractivity contribution in [1.29, 1.82) is 0 Å². The number of nitrogens with two attached hydrogens (primary N) is 1. The molecule has 3 aromatic rings. The van der Waals surface area contributed by atoms with E-state index in [9.17, 15) is 4.39 Å². The SMILES string of the molecule is C[C@H](Nc1nc(N)c2c(n1)C(c1cc(C3CC3)n[nH]1)NCC2)c1ccc(F)cc1. The molecule has 3 heterocycles. The fourth-order valence-corrected chi connectivity index (χ4v) is 3.89. The van der Waals surface area contributed by atoms with Crippen LogP contribution in [0.15, 0.2) is 30.3 Å². The second-order valence-electron chi connectivity index (χ2n) is 7.87. The van der Waals surface area contributed by atoms with Gasteiger partial charge in [-0.25, -0.2) is 9.37 Å². The first kappa shape index (κ1) is 18.1. The maximum Gasteiger partial charge on any atom is 0.225 e. The van der Waals surface area contributed by atoms with E-state index >= 15 is 0 Å². The zero-order chi connectivity index (χ0) is 20.0. The van der Waals surface area contributed by atoms with Crippen LogP contribution in [0.2, 0.25) is 0 Å². The summed E-state index contributed by atoms with van der Waals surface area (Å²) in [6.45, 7) is 2.79. The first-order valence-electron chi connectivity index (χ1n) is 10.1. The fourth-order valence-electron chi connectivity index (χ4n) is 3.89. The molecule has 2 atom stereocenters. The van der Waals surface area contributed by atoms with Gasteiger partial charge in [-0.3, -0.25) is 5.10 Å². The number of nitrogen functional groups attached to an aromatic ring is 1. The van der Waals surface area contributed by atoms with E-state index in [4.69, 9.17) is 10.7 Å². The monoisotopic (exact) mass is 393 g/mol. The van der Waals surface area contributed by atoms with Crippen LogP contribution in [0.4, 0.5) is 16.2 Å². The minimum absolute atomic E-state index is 0.0864. The van der Waals surface area contributed by atoms with Gasteiger partial charge in [0, 0.05) is 18.0 Å². The van der Waals surface area contributed by atoms with E-state index in [1.807, 2.05) is 6.92 Å². The van der Waals surface area contributed by atoms with Crippen molar-refractivity contribution in [3.63, 3.8) is 0 Å². The van der Waals surface area contributed by atoms with Crippen LogP contribution in [-0.4, -0.2) is 26.7 Å². The molecule has 0 amide bonds. The lowest BCUT2D eigenvalue weighted by atomic mass is 9.97. The molecule has 150 valence electrons. The number of nitrogens with zero attached hydrogens (tertiary/aromatic N) is 3. The molecule has 2 aliphatic rings. The molecule has 0 spiro atoms. The van der Waals surface area contributed by atoms with Crippen molar-refractivity contribution in [2.24, 2.45) is 0 Å². The second kappa shape index (κ2) is 7.11. The largest absolute Gasteiger partial charge is 0.383 e. The lowest BCUT2D eigenvalue weighted by Gasteiger charge is -2.26. The molecule has 1 saturated carbocycles. The van der Waals surface area contributed by atoms with Crippen LogP contribution in [0.3, 0.4) is 0 Å². The van der Waals surface area contributed by atoms with Gasteiger partial charge in [0.1, 0.15) is 11.6 Å². The molecule has 5 rings (SSSR count). The normalized spacial score (nSPS) is 19.6. The number of anilines is 2. The van der Waals surface area contributed by atoms with Gasteiger partial charge in [-0.15, -0.1) is 0 Å². The molecule has 1 aromatic carbocycles. The summed E-state index contributed by atoms with van der Waals surface area (Å²) in [6, 6.07) is 8.36. The fraction of sp³-hybridized carbons (Fsp3) is 0.381. The van der Waals surface area contributed by atoms with Gasteiger partial charge in [-0.05, 0) is 49.9 Å².